The molecule has 1 amide bonds. The Balaban J connectivity index is 4.01. The Morgan fingerprint density at radius 2 is 2.05 bits per heavy atom. The lowest BCUT2D eigenvalue weighted by Crippen LogP contribution is -2.40. The first kappa shape index (κ1) is 19.4. The number of nitrogens with zero attached hydrogens (tertiary/aromatic N) is 1. The third kappa shape index (κ3) is 9.88. The Morgan fingerprint density at radius 1 is 1.38 bits per heavy atom. The summed E-state index contributed by atoms with van der Waals surface area (Å²) in [6.45, 7) is 7.35. The lowest BCUT2D eigenvalue weighted by Gasteiger charge is -2.22. The molecular weight excluding hydrogens is 270 g/mol. The molecule has 0 aliphatic heterocycles. The number of amides is 1. The fourth-order valence-electron chi connectivity index (χ4n) is 1.28. The van der Waals surface area contributed by atoms with Gasteiger partial charge in [-0.1, -0.05) is 13.3 Å². The number of hydrogen-bond donors (Lipinski definition) is 3. The molecule has 0 aromatic rings. The third-order valence-corrected chi connectivity index (χ3v) is 2.76. The molecule has 0 unspecified atom stereocenters. The maximum Gasteiger partial charge on any atom is 0.263 e. The summed E-state index contributed by atoms with van der Waals surface area (Å²) in [4.78, 5) is 11.8. The molecule has 0 saturated heterocycles. The van der Waals surface area contributed by atoms with Crippen LogP contribution < -0.4 is 10.6 Å². The number of carbonyl (C=O) groups is 1. The monoisotopic (exact) mass is 297 g/mol. The Kier molecular flexibility index (Phi) is 10.3. The van der Waals surface area contributed by atoms with E-state index in [0.717, 1.165) is 19.4 Å². The lowest BCUT2D eigenvalue weighted by molar-refractivity contribution is -0.117. The van der Waals surface area contributed by atoms with Crippen molar-refractivity contribution in [2.45, 2.75) is 45.6 Å². The number of ether oxygens (including phenoxy) is 1. The summed E-state index contributed by atoms with van der Waals surface area (Å²) in [7, 11) is 0. The van der Waals surface area contributed by atoms with E-state index >= 15 is 0 Å². The maximum atomic E-state index is 11.8. The van der Waals surface area contributed by atoms with Crippen LogP contribution in [0.1, 0.15) is 40.0 Å². The first-order valence-corrected chi connectivity index (χ1v) is 7.31. The van der Waals surface area contributed by atoms with Crippen LogP contribution in [-0.2, 0) is 9.53 Å². The van der Waals surface area contributed by atoms with Gasteiger partial charge in [-0.25, -0.2) is 0 Å². The van der Waals surface area contributed by atoms with Gasteiger partial charge in [0.05, 0.1) is 12.1 Å². The summed E-state index contributed by atoms with van der Waals surface area (Å²) < 4.78 is 5.38. The quantitative estimate of drug-likeness (QED) is 0.301. The van der Waals surface area contributed by atoms with E-state index in [1.165, 1.54) is 6.20 Å². The Bertz CT molecular complexity index is 373. The zero-order valence-corrected chi connectivity index (χ0v) is 13.2. The van der Waals surface area contributed by atoms with Gasteiger partial charge in [-0.2, -0.15) is 5.26 Å². The van der Waals surface area contributed by atoms with Gasteiger partial charge in [0, 0.05) is 26.0 Å². The topological polar surface area (TPSA) is 94.4 Å². The second-order valence-corrected chi connectivity index (χ2v) is 5.43. The van der Waals surface area contributed by atoms with Crippen LogP contribution in [0.25, 0.3) is 0 Å². The Hall–Kier alpha value is -1.58. The first-order valence-electron chi connectivity index (χ1n) is 7.31. The number of nitriles is 1. The second kappa shape index (κ2) is 11.1. The van der Waals surface area contributed by atoms with Gasteiger partial charge < -0.3 is 20.5 Å². The van der Waals surface area contributed by atoms with Crippen LogP contribution in [0.2, 0.25) is 0 Å². The molecule has 0 aliphatic rings. The van der Waals surface area contributed by atoms with Crippen molar-refractivity contribution < 1.29 is 14.6 Å². The molecule has 0 saturated carbocycles. The highest BCUT2D eigenvalue weighted by Gasteiger charge is 2.15. The first-order chi connectivity index (χ1) is 9.96. The summed E-state index contributed by atoms with van der Waals surface area (Å²) in [6, 6.07) is 1.84. The maximum absolute atomic E-state index is 11.8. The molecule has 0 aromatic heterocycles. The number of hydrogen-bond acceptors (Lipinski definition) is 5. The molecule has 120 valence electrons. The molecule has 6 nitrogen and oxygen atoms in total. The number of nitrogens with one attached hydrogen (secondary N) is 2. The van der Waals surface area contributed by atoms with E-state index in [2.05, 4.69) is 17.6 Å². The van der Waals surface area contributed by atoms with Crippen LogP contribution in [-0.4, -0.2) is 42.9 Å². The van der Waals surface area contributed by atoms with Crippen molar-refractivity contribution in [2.24, 2.45) is 0 Å². The molecule has 0 fully saturated rings. The van der Waals surface area contributed by atoms with Gasteiger partial charge in [0.2, 0.25) is 0 Å². The van der Waals surface area contributed by atoms with E-state index in [1.54, 1.807) is 13.8 Å². The molecule has 21 heavy (non-hydrogen) atoms. The van der Waals surface area contributed by atoms with Crippen molar-refractivity contribution in [2.75, 3.05) is 26.4 Å². The fourth-order valence-corrected chi connectivity index (χ4v) is 1.28. The molecule has 0 radical (unpaired) electrons. The van der Waals surface area contributed by atoms with Crippen molar-refractivity contribution in [3.63, 3.8) is 0 Å². The largest absolute Gasteiger partial charge is 0.394 e. The lowest BCUT2D eigenvalue weighted by atomic mass is 10.1. The third-order valence-electron chi connectivity index (χ3n) is 2.76. The molecule has 3 N–H and O–H groups in total. The molecule has 6 heteroatoms. The average Bonchev–Trinajstić information content (AvgIpc) is 2.47. The summed E-state index contributed by atoms with van der Waals surface area (Å²) in [5.74, 6) is -0.424. The van der Waals surface area contributed by atoms with Crippen LogP contribution in [0.5, 0.6) is 0 Å². The van der Waals surface area contributed by atoms with Gasteiger partial charge in [-0.05, 0) is 26.7 Å². The van der Waals surface area contributed by atoms with Crippen molar-refractivity contribution in [3.05, 3.63) is 11.8 Å². The summed E-state index contributed by atoms with van der Waals surface area (Å²) in [5, 5.41) is 23.6. The van der Waals surface area contributed by atoms with Crippen molar-refractivity contribution in [3.8, 4) is 6.07 Å². The number of aliphatic hydroxyl groups is 1. The fraction of sp³-hybridized carbons (Fsp3) is 0.733. The number of aliphatic hydroxyl groups excluding tert-OH is 1. The molecule has 0 bridgehead atoms. The van der Waals surface area contributed by atoms with Crippen molar-refractivity contribution >= 4 is 5.91 Å². The van der Waals surface area contributed by atoms with E-state index in [0.29, 0.717) is 19.6 Å². The van der Waals surface area contributed by atoms with E-state index in [1.807, 2.05) is 6.07 Å². The molecule has 0 spiro atoms. The van der Waals surface area contributed by atoms with Gasteiger partial charge in [0.15, 0.2) is 0 Å². The number of rotatable bonds is 11. The average molecular weight is 297 g/mol. The number of unbranched alkanes of at least 4 members (excludes halogenated alkanes) is 1. The van der Waals surface area contributed by atoms with Crippen molar-refractivity contribution in [1.29, 1.82) is 5.26 Å². The normalized spacial score (nSPS) is 11.9. The highest BCUT2D eigenvalue weighted by Crippen LogP contribution is 2.01. The minimum atomic E-state index is -0.574. The molecular formula is C15H27N3O3. The zero-order chi connectivity index (χ0) is 16.1. The molecule has 0 atom stereocenters. The molecule has 0 aliphatic carbocycles. The predicted octanol–water partition coefficient (Wildman–Crippen LogP) is 1.08. The smallest absolute Gasteiger partial charge is 0.263 e. The van der Waals surface area contributed by atoms with Crippen LogP contribution in [0.15, 0.2) is 11.8 Å². The van der Waals surface area contributed by atoms with E-state index in [9.17, 15) is 4.79 Å². The molecule has 0 rings (SSSR count). The summed E-state index contributed by atoms with van der Waals surface area (Å²) in [6.07, 6.45) is 4.19. The van der Waals surface area contributed by atoms with Crippen LogP contribution >= 0.6 is 0 Å². The van der Waals surface area contributed by atoms with Gasteiger partial charge in [-0.15, -0.1) is 0 Å². The predicted molar refractivity (Wildman–Crippen MR) is 81.4 cm³/mol. The van der Waals surface area contributed by atoms with Crippen LogP contribution in [0.4, 0.5) is 0 Å². The van der Waals surface area contributed by atoms with Gasteiger partial charge >= 0.3 is 0 Å². The minimum absolute atomic E-state index is 0.0107. The number of carbonyl (C=O) groups excluding carboxylic acids is 1. The Morgan fingerprint density at radius 3 is 2.62 bits per heavy atom. The van der Waals surface area contributed by atoms with Crippen molar-refractivity contribution in [1.82, 2.24) is 10.6 Å². The van der Waals surface area contributed by atoms with E-state index < -0.39 is 11.4 Å². The molecule has 0 aromatic carbocycles. The highest BCUT2D eigenvalue weighted by molar-refractivity contribution is 5.97. The standard InChI is InChI=1S/C15H27N3O3/c1-4-5-8-21-9-6-7-17-14(20)13(10-16)11-18-15(2,3)12-19/h11,18-19H,4-9,12H2,1-3H3,(H,17,20)/b13-11-. The second-order valence-electron chi connectivity index (χ2n) is 5.43. The zero-order valence-electron chi connectivity index (χ0n) is 13.2. The van der Waals surface area contributed by atoms with Crippen LogP contribution in [0, 0.1) is 11.3 Å². The van der Waals surface area contributed by atoms with Gasteiger partial charge in [0.1, 0.15) is 11.6 Å². The van der Waals surface area contributed by atoms with E-state index in [-0.39, 0.29) is 12.2 Å². The minimum Gasteiger partial charge on any atom is -0.394 e. The highest BCUT2D eigenvalue weighted by atomic mass is 16.5. The summed E-state index contributed by atoms with van der Waals surface area (Å²) >= 11 is 0. The van der Waals surface area contributed by atoms with Gasteiger partial charge in [0.25, 0.3) is 5.91 Å². The molecule has 0 heterocycles. The van der Waals surface area contributed by atoms with E-state index in [4.69, 9.17) is 15.1 Å². The SMILES string of the molecule is CCCCOCCCNC(=O)/C(C#N)=C\NC(C)(C)CO. The van der Waals surface area contributed by atoms with Crippen LogP contribution in [0.3, 0.4) is 0 Å². The Labute approximate surface area is 127 Å². The summed E-state index contributed by atoms with van der Waals surface area (Å²) in [5.41, 5.74) is -0.585. The van der Waals surface area contributed by atoms with Gasteiger partial charge in [-0.3, -0.25) is 4.79 Å².